The van der Waals surface area contributed by atoms with Crippen LogP contribution in [0.2, 0.25) is 0 Å². The molecule has 5 nitrogen and oxygen atoms in total. The molecule has 0 radical (unpaired) electrons. The minimum absolute atomic E-state index is 0.194. The molecule has 0 aliphatic rings. The highest BCUT2D eigenvalue weighted by molar-refractivity contribution is 6.05. The second-order valence-electron chi connectivity index (χ2n) is 3.96. The van der Waals surface area contributed by atoms with E-state index in [9.17, 15) is 4.79 Å². The second-order valence-corrected chi connectivity index (χ2v) is 3.96. The van der Waals surface area contributed by atoms with Crippen molar-refractivity contribution in [2.75, 3.05) is 5.32 Å². The minimum Gasteiger partial charge on any atom is -0.321 e. The average molecular weight is 250 g/mol. The molecule has 92 valence electrons. The van der Waals surface area contributed by atoms with Gasteiger partial charge in [-0.1, -0.05) is 0 Å². The van der Waals surface area contributed by atoms with Crippen molar-refractivity contribution in [3.05, 3.63) is 60.7 Å². The van der Waals surface area contributed by atoms with E-state index in [1.165, 1.54) is 0 Å². The number of amides is 1. The van der Waals surface area contributed by atoms with Crippen molar-refractivity contribution in [2.45, 2.75) is 0 Å². The van der Waals surface area contributed by atoms with Crippen LogP contribution in [0, 0.1) is 0 Å². The summed E-state index contributed by atoms with van der Waals surface area (Å²) in [7, 11) is 0. The molecule has 0 fully saturated rings. The number of fused-ring (bicyclic) bond motifs is 1. The number of anilines is 1. The maximum atomic E-state index is 12.1. The minimum atomic E-state index is -0.194. The number of nitrogens with one attached hydrogen (secondary N) is 1. The van der Waals surface area contributed by atoms with E-state index >= 15 is 0 Å². The Balaban J connectivity index is 1.89. The monoisotopic (exact) mass is 250 g/mol. The van der Waals surface area contributed by atoms with Gasteiger partial charge < -0.3 is 5.32 Å². The van der Waals surface area contributed by atoms with E-state index < -0.39 is 0 Å². The first-order valence-electron chi connectivity index (χ1n) is 5.75. The van der Waals surface area contributed by atoms with Crippen molar-refractivity contribution < 1.29 is 4.79 Å². The number of hydrogen-bond donors (Lipinski definition) is 1. The van der Waals surface area contributed by atoms with Crippen LogP contribution in [0.5, 0.6) is 0 Å². The Bertz CT molecular complexity index is 728. The predicted molar refractivity (Wildman–Crippen MR) is 71.7 cm³/mol. The van der Waals surface area contributed by atoms with Crippen LogP contribution in [0.3, 0.4) is 0 Å². The fraction of sp³-hybridized carbons (Fsp3) is 0. The second kappa shape index (κ2) is 4.81. The van der Waals surface area contributed by atoms with E-state index in [-0.39, 0.29) is 5.91 Å². The van der Waals surface area contributed by atoms with Crippen LogP contribution in [-0.2, 0) is 0 Å². The lowest BCUT2D eigenvalue weighted by atomic mass is 10.2. The third-order valence-electron chi connectivity index (χ3n) is 2.65. The van der Waals surface area contributed by atoms with E-state index in [2.05, 4.69) is 20.3 Å². The molecule has 0 bridgehead atoms. The Hall–Kier alpha value is -2.82. The molecule has 0 atom stereocenters. The molecule has 0 aliphatic carbocycles. The number of pyridine rings is 1. The van der Waals surface area contributed by atoms with Crippen molar-refractivity contribution >= 4 is 22.6 Å². The number of carbonyl (C=O) groups excluding carboxylic acids is 1. The first-order valence-corrected chi connectivity index (χ1v) is 5.75. The molecule has 19 heavy (non-hydrogen) atoms. The molecule has 0 aliphatic heterocycles. The van der Waals surface area contributed by atoms with Gasteiger partial charge in [0.2, 0.25) is 0 Å². The summed E-state index contributed by atoms with van der Waals surface area (Å²) in [5, 5.41) is 2.77. The van der Waals surface area contributed by atoms with Gasteiger partial charge in [0, 0.05) is 24.2 Å². The summed E-state index contributed by atoms with van der Waals surface area (Å²) in [6, 6.07) is 8.77. The average Bonchev–Trinajstić information content (AvgIpc) is 2.48. The van der Waals surface area contributed by atoms with Crippen molar-refractivity contribution in [1.82, 2.24) is 15.0 Å². The molecule has 1 amide bonds. The Morgan fingerprint density at radius 2 is 1.84 bits per heavy atom. The van der Waals surface area contributed by atoms with Gasteiger partial charge in [-0.05, 0) is 30.3 Å². The summed E-state index contributed by atoms with van der Waals surface area (Å²) in [5.74, 6) is -0.194. The number of rotatable bonds is 2. The highest BCUT2D eigenvalue weighted by Crippen LogP contribution is 2.13. The lowest BCUT2D eigenvalue weighted by Crippen LogP contribution is -2.11. The molecule has 3 aromatic rings. The molecular weight excluding hydrogens is 240 g/mol. The number of hydrogen-bond acceptors (Lipinski definition) is 4. The van der Waals surface area contributed by atoms with Gasteiger partial charge in [-0.25, -0.2) is 0 Å². The molecule has 0 spiro atoms. The number of carbonyl (C=O) groups is 1. The van der Waals surface area contributed by atoms with Crippen LogP contribution in [-0.4, -0.2) is 20.9 Å². The van der Waals surface area contributed by atoms with Gasteiger partial charge in [0.05, 0.1) is 22.9 Å². The third-order valence-corrected chi connectivity index (χ3v) is 2.65. The van der Waals surface area contributed by atoms with Gasteiger partial charge in [0.25, 0.3) is 5.91 Å². The van der Waals surface area contributed by atoms with Crippen molar-refractivity contribution in [3.8, 4) is 0 Å². The lowest BCUT2D eigenvalue weighted by Gasteiger charge is -2.05. The van der Waals surface area contributed by atoms with Crippen LogP contribution >= 0.6 is 0 Å². The summed E-state index contributed by atoms with van der Waals surface area (Å²) in [6.45, 7) is 0. The van der Waals surface area contributed by atoms with Crippen LogP contribution < -0.4 is 5.32 Å². The normalized spacial score (nSPS) is 10.3. The topological polar surface area (TPSA) is 67.8 Å². The summed E-state index contributed by atoms with van der Waals surface area (Å²) >= 11 is 0. The molecule has 0 unspecified atom stereocenters. The first-order chi connectivity index (χ1) is 9.33. The molecule has 1 aromatic carbocycles. The predicted octanol–water partition coefficient (Wildman–Crippen LogP) is 2.28. The van der Waals surface area contributed by atoms with Gasteiger partial charge >= 0.3 is 0 Å². The van der Waals surface area contributed by atoms with Gasteiger partial charge in [-0.2, -0.15) is 0 Å². The summed E-state index contributed by atoms with van der Waals surface area (Å²) in [6.07, 6.45) is 6.48. The van der Waals surface area contributed by atoms with Crippen LogP contribution in [0.4, 0.5) is 5.69 Å². The molecule has 1 N–H and O–H groups in total. The molecule has 2 aromatic heterocycles. The standard InChI is InChI=1S/C14H10N4O/c19-14(18-11-2-1-5-15-9-11)10-3-4-12-13(8-10)17-7-6-16-12/h1-9H,(H,18,19). The van der Waals surface area contributed by atoms with Crippen molar-refractivity contribution in [1.29, 1.82) is 0 Å². The maximum Gasteiger partial charge on any atom is 0.255 e. The molecule has 5 heteroatoms. The molecule has 2 heterocycles. The molecular formula is C14H10N4O. The van der Waals surface area contributed by atoms with Crippen LogP contribution in [0.15, 0.2) is 55.1 Å². The lowest BCUT2D eigenvalue weighted by molar-refractivity contribution is 0.102. The highest BCUT2D eigenvalue weighted by Gasteiger charge is 2.07. The van der Waals surface area contributed by atoms with Gasteiger partial charge in [-0.15, -0.1) is 0 Å². The van der Waals surface area contributed by atoms with Gasteiger partial charge in [0.1, 0.15) is 0 Å². The van der Waals surface area contributed by atoms with Crippen molar-refractivity contribution in [3.63, 3.8) is 0 Å². The zero-order chi connectivity index (χ0) is 13.1. The quantitative estimate of drug-likeness (QED) is 0.757. The van der Waals surface area contributed by atoms with Gasteiger partial charge in [-0.3, -0.25) is 19.7 Å². The van der Waals surface area contributed by atoms with E-state index in [0.29, 0.717) is 16.8 Å². The summed E-state index contributed by atoms with van der Waals surface area (Å²) in [4.78, 5) is 24.4. The fourth-order valence-corrected chi connectivity index (χ4v) is 1.74. The smallest absolute Gasteiger partial charge is 0.255 e. The van der Waals surface area contributed by atoms with Crippen LogP contribution in [0.1, 0.15) is 10.4 Å². The molecule has 3 rings (SSSR count). The number of nitrogens with zero attached hydrogens (tertiary/aromatic N) is 3. The van der Waals surface area contributed by atoms with E-state index in [4.69, 9.17) is 0 Å². The van der Waals surface area contributed by atoms with Gasteiger partial charge in [0.15, 0.2) is 0 Å². The van der Waals surface area contributed by atoms with E-state index in [1.807, 2.05) is 0 Å². The van der Waals surface area contributed by atoms with Crippen molar-refractivity contribution in [2.24, 2.45) is 0 Å². The zero-order valence-corrected chi connectivity index (χ0v) is 9.95. The van der Waals surface area contributed by atoms with Crippen LogP contribution in [0.25, 0.3) is 11.0 Å². The summed E-state index contributed by atoms with van der Waals surface area (Å²) < 4.78 is 0. The van der Waals surface area contributed by atoms with E-state index in [1.54, 1.807) is 55.1 Å². The maximum absolute atomic E-state index is 12.1. The Morgan fingerprint density at radius 1 is 1.00 bits per heavy atom. The SMILES string of the molecule is O=C(Nc1cccnc1)c1ccc2nccnc2c1. The third kappa shape index (κ3) is 2.40. The summed E-state index contributed by atoms with van der Waals surface area (Å²) in [5.41, 5.74) is 2.66. The fourth-order valence-electron chi connectivity index (χ4n) is 1.74. The molecule has 0 saturated carbocycles. The molecule has 0 saturated heterocycles. The Morgan fingerprint density at radius 3 is 2.63 bits per heavy atom. The number of benzene rings is 1. The Labute approximate surface area is 109 Å². The van der Waals surface area contributed by atoms with E-state index in [0.717, 1.165) is 5.52 Å². The number of aromatic nitrogens is 3. The zero-order valence-electron chi connectivity index (χ0n) is 9.95. The largest absolute Gasteiger partial charge is 0.321 e. The Kier molecular flexibility index (Phi) is 2.86. The first kappa shape index (κ1) is 11.3. The highest BCUT2D eigenvalue weighted by atomic mass is 16.1.